The van der Waals surface area contributed by atoms with Crippen molar-refractivity contribution >= 4 is 17.7 Å². The fourth-order valence-electron chi connectivity index (χ4n) is 2.93. The van der Waals surface area contributed by atoms with Gasteiger partial charge >= 0.3 is 11.9 Å². The molecule has 1 aromatic carbocycles. The molecule has 1 fully saturated rings. The molecule has 1 saturated carbocycles. The predicted octanol–water partition coefficient (Wildman–Crippen LogP) is 2.92. The lowest BCUT2D eigenvalue weighted by Crippen LogP contribution is -2.26. The van der Waals surface area contributed by atoms with Gasteiger partial charge in [0.15, 0.2) is 0 Å². The highest BCUT2D eigenvalue weighted by Gasteiger charge is 2.20. The van der Waals surface area contributed by atoms with Crippen molar-refractivity contribution in [2.45, 2.75) is 38.6 Å². The summed E-state index contributed by atoms with van der Waals surface area (Å²) in [4.78, 5) is 43.6. The molecule has 0 atom stereocenters. The topological polar surface area (TPSA) is 114 Å². The van der Waals surface area contributed by atoms with E-state index in [0.717, 1.165) is 18.9 Å². The van der Waals surface area contributed by atoms with E-state index < -0.39 is 11.9 Å². The van der Waals surface area contributed by atoms with Gasteiger partial charge in [-0.15, -0.1) is 0 Å². The van der Waals surface area contributed by atoms with Crippen LogP contribution in [0.15, 0.2) is 47.4 Å². The van der Waals surface area contributed by atoms with Gasteiger partial charge in [0.25, 0.3) is 5.56 Å². The number of benzene rings is 1. The Morgan fingerprint density at radius 3 is 2.22 bits per heavy atom. The van der Waals surface area contributed by atoms with Crippen molar-refractivity contribution in [3.8, 4) is 0 Å². The van der Waals surface area contributed by atoms with Crippen molar-refractivity contribution in [2.75, 3.05) is 0 Å². The summed E-state index contributed by atoms with van der Waals surface area (Å²) in [5, 5.41) is 17.3. The van der Waals surface area contributed by atoms with Gasteiger partial charge in [-0.25, -0.2) is 9.59 Å². The molecule has 1 heterocycles. The Morgan fingerprint density at radius 2 is 1.67 bits per heavy atom. The van der Waals surface area contributed by atoms with Crippen LogP contribution in [-0.2, 0) is 4.79 Å². The summed E-state index contributed by atoms with van der Waals surface area (Å²) in [6.45, 7) is 1.62. The van der Waals surface area contributed by atoms with E-state index in [1.807, 2.05) is 12.3 Å². The minimum Gasteiger partial charge on any atom is -0.478 e. The van der Waals surface area contributed by atoms with Crippen LogP contribution in [0.5, 0.6) is 0 Å². The normalized spacial score (nSPS) is 14.2. The largest absolute Gasteiger partial charge is 0.478 e. The van der Waals surface area contributed by atoms with Crippen LogP contribution >= 0.6 is 0 Å². The van der Waals surface area contributed by atoms with Crippen LogP contribution in [0.2, 0.25) is 0 Å². The molecule has 7 nitrogen and oxygen atoms in total. The van der Waals surface area contributed by atoms with Gasteiger partial charge in [0.2, 0.25) is 0 Å². The second kappa shape index (κ2) is 8.93. The number of rotatable bonds is 3. The van der Waals surface area contributed by atoms with E-state index >= 15 is 0 Å². The number of aromatic nitrogens is 1. The zero-order chi connectivity index (χ0) is 20.0. The molecule has 142 valence electrons. The summed E-state index contributed by atoms with van der Waals surface area (Å²) < 4.78 is 1.74. The summed E-state index contributed by atoms with van der Waals surface area (Å²) in [5.41, 5.74) is 0.604. The Balaban J connectivity index is 0.000000194. The average Bonchev–Trinajstić information content (AvgIpc) is 2.63. The maximum Gasteiger partial charge on any atom is 0.335 e. The van der Waals surface area contributed by atoms with Gasteiger partial charge in [-0.1, -0.05) is 12.1 Å². The fraction of sp³-hybridized carbons (Fsp3) is 0.300. The number of carboxylic acid groups (broad SMARTS) is 2. The summed E-state index contributed by atoms with van der Waals surface area (Å²) in [6.07, 6.45) is 4.66. The van der Waals surface area contributed by atoms with Crippen LogP contribution in [-0.4, -0.2) is 32.5 Å². The summed E-state index contributed by atoms with van der Waals surface area (Å²) in [6, 6.07) is 9.40. The van der Waals surface area contributed by atoms with Crippen LogP contribution in [0.4, 0.5) is 0 Å². The molecule has 7 heteroatoms. The quantitative estimate of drug-likeness (QED) is 0.857. The van der Waals surface area contributed by atoms with Crippen molar-refractivity contribution in [2.24, 2.45) is 0 Å². The van der Waals surface area contributed by atoms with Gasteiger partial charge in [0, 0.05) is 31.1 Å². The molecule has 1 aliphatic carbocycles. The smallest absolute Gasteiger partial charge is 0.335 e. The molecule has 0 radical (unpaired) electrons. The molecule has 1 aliphatic rings. The molecule has 2 N–H and O–H groups in total. The number of carbonyl (C=O) groups excluding carboxylic acids is 1. The van der Waals surface area contributed by atoms with Crippen molar-refractivity contribution in [1.29, 1.82) is 0 Å². The van der Waals surface area contributed by atoms with Crippen LogP contribution in [0.3, 0.4) is 0 Å². The van der Waals surface area contributed by atoms with E-state index in [1.165, 1.54) is 12.1 Å². The lowest BCUT2D eigenvalue weighted by atomic mass is 9.94. The average molecular weight is 371 g/mol. The third-order valence-corrected chi connectivity index (χ3v) is 4.47. The van der Waals surface area contributed by atoms with E-state index in [4.69, 9.17) is 10.2 Å². The molecule has 2 aromatic rings. The Hall–Kier alpha value is -3.22. The van der Waals surface area contributed by atoms with E-state index in [1.54, 1.807) is 23.6 Å². The van der Waals surface area contributed by atoms with Crippen LogP contribution in [0.1, 0.15) is 58.0 Å². The number of carboxylic acids is 2. The van der Waals surface area contributed by atoms with E-state index in [-0.39, 0.29) is 22.7 Å². The Morgan fingerprint density at radius 1 is 1.00 bits per heavy atom. The van der Waals surface area contributed by atoms with Crippen molar-refractivity contribution < 1.29 is 24.6 Å². The summed E-state index contributed by atoms with van der Waals surface area (Å²) in [5.74, 6) is -1.91. The van der Waals surface area contributed by atoms with Gasteiger partial charge in [0.1, 0.15) is 5.78 Å². The maximum absolute atomic E-state index is 11.5. The second-order valence-corrected chi connectivity index (χ2v) is 6.36. The van der Waals surface area contributed by atoms with Gasteiger partial charge < -0.3 is 14.8 Å². The standard InChI is InChI=1S/C11H13NO2.C9H8O4/c13-10-6-4-9(5-7-10)12-8-2-1-3-11(12)14;1-5-2-3-6(8(10)11)4-7(5)9(12)13/h1-3,8-9H,4-7H2;2-4H,1H3,(H,10,11)(H,12,13). The van der Waals surface area contributed by atoms with Crippen LogP contribution in [0.25, 0.3) is 0 Å². The van der Waals surface area contributed by atoms with Crippen LogP contribution < -0.4 is 5.56 Å². The Bertz CT molecular complexity index is 905. The lowest BCUT2D eigenvalue weighted by Gasteiger charge is -2.22. The molecular formula is C20H21NO6. The maximum atomic E-state index is 11.5. The number of aromatic carboxylic acids is 2. The first-order valence-electron chi connectivity index (χ1n) is 8.55. The Kier molecular flexibility index (Phi) is 6.65. The van der Waals surface area contributed by atoms with E-state index in [2.05, 4.69) is 0 Å². The number of pyridine rings is 1. The van der Waals surface area contributed by atoms with E-state index in [0.29, 0.717) is 24.2 Å². The SMILES string of the molecule is Cc1ccc(C(=O)O)cc1C(=O)O.O=C1CCC(n2ccccc2=O)CC1. The monoisotopic (exact) mass is 371 g/mol. The van der Waals surface area contributed by atoms with Crippen LogP contribution in [0, 0.1) is 6.92 Å². The van der Waals surface area contributed by atoms with Gasteiger partial charge in [0.05, 0.1) is 11.1 Å². The number of carbonyl (C=O) groups is 3. The minimum absolute atomic E-state index is 0.0111. The molecule has 0 aliphatic heterocycles. The minimum atomic E-state index is -1.12. The number of Topliss-reactive ketones (excluding diaryl/α,β-unsaturated/α-hetero) is 1. The lowest BCUT2D eigenvalue weighted by molar-refractivity contribution is -0.120. The van der Waals surface area contributed by atoms with E-state index in [9.17, 15) is 19.2 Å². The Labute approximate surface area is 155 Å². The molecule has 0 saturated heterocycles. The molecule has 0 spiro atoms. The summed E-state index contributed by atoms with van der Waals surface area (Å²) in [7, 11) is 0. The molecule has 27 heavy (non-hydrogen) atoms. The highest BCUT2D eigenvalue weighted by molar-refractivity contribution is 5.94. The first kappa shape index (κ1) is 20.1. The van der Waals surface area contributed by atoms with Crippen molar-refractivity contribution in [3.05, 3.63) is 69.6 Å². The van der Waals surface area contributed by atoms with Crippen molar-refractivity contribution in [3.63, 3.8) is 0 Å². The van der Waals surface area contributed by atoms with Gasteiger partial charge in [-0.2, -0.15) is 0 Å². The second-order valence-electron chi connectivity index (χ2n) is 6.36. The van der Waals surface area contributed by atoms with Gasteiger partial charge in [-0.3, -0.25) is 9.59 Å². The molecule has 3 rings (SSSR count). The highest BCUT2D eigenvalue weighted by Crippen LogP contribution is 2.24. The number of aryl methyl sites for hydroxylation is 1. The highest BCUT2D eigenvalue weighted by atomic mass is 16.4. The number of nitrogens with zero attached hydrogens (tertiary/aromatic N) is 1. The number of ketones is 1. The molecular weight excluding hydrogens is 350 g/mol. The molecule has 0 unspecified atom stereocenters. The zero-order valence-corrected chi connectivity index (χ0v) is 14.9. The molecule has 0 amide bonds. The third-order valence-electron chi connectivity index (χ3n) is 4.47. The number of hydrogen-bond donors (Lipinski definition) is 2. The molecule has 1 aromatic heterocycles. The first-order chi connectivity index (χ1) is 12.8. The predicted molar refractivity (Wildman–Crippen MR) is 98.3 cm³/mol. The van der Waals surface area contributed by atoms with Gasteiger partial charge in [-0.05, 0) is 43.5 Å². The first-order valence-corrected chi connectivity index (χ1v) is 8.55. The third kappa shape index (κ3) is 5.37. The molecule has 0 bridgehead atoms. The zero-order valence-electron chi connectivity index (χ0n) is 14.9. The fourth-order valence-corrected chi connectivity index (χ4v) is 2.93. The number of hydrogen-bond acceptors (Lipinski definition) is 4. The van der Waals surface area contributed by atoms with Crippen molar-refractivity contribution in [1.82, 2.24) is 4.57 Å². The summed E-state index contributed by atoms with van der Waals surface area (Å²) >= 11 is 0.